The summed E-state index contributed by atoms with van der Waals surface area (Å²) < 4.78 is 80.7. The predicted octanol–water partition coefficient (Wildman–Crippen LogP) is 6.07. The van der Waals surface area contributed by atoms with Crippen molar-refractivity contribution in [3.8, 4) is 22.8 Å². The minimum Gasteiger partial charge on any atom is -0.497 e. The highest BCUT2D eigenvalue weighted by Gasteiger charge is 2.62. The van der Waals surface area contributed by atoms with E-state index in [-0.39, 0.29) is 51.7 Å². The second kappa shape index (κ2) is 17.5. The molecule has 17 heteroatoms. The number of nitrogens with zero attached hydrogens (tertiary/aromatic N) is 3. The first-order valence-corrected chi connectivity index (χ1v) is 23.1. The lowest BCUT2D eigenvalue weighted by Gasteiger charge is -2.34. The van der Waals surface area contributed by atoms with Gasteiger partial charge in [-0.25, -0.2) is 13.4 Å². The molecular weight excluding hydrogens is 828 g/mol. The van der Waals surface area contributed by atoms with Gasteiger partial charge in [-0.15, -0.1) is 0 Å². The molecule has 5 aliphatic rings. The minimum absolute atomic E-state index is 0.00240. The third kappa shape index (κ3) is 9.42. The zero-order valence-electron chi connectivity index (χ0n) is 34.6. The van der Waals surface area contributed by atoms with E-state index in [1.165, 1.54) is 9.80 Å². The fourth-order valence-electron chi connectivity index (χ4n) is 9.11. The summed E-state index contributed by atoms with van der Waals surface area (Å²) in [4.78, 5) is 64.8. The van der Waals surface area contributed by atoms with Crippen LogP contribution in [0.5, 0.6) is 11.5 Å². The number of amides is 4. The number of nitrogens with one attached hydrogen (secondary N) is 2. The van der Waals surface area contributed by atoms with E-state index in [9.17, 15) is 40.8 Å². The predicted molar refractivity (Wildman–Crippen MR) is 223 cm³/mol. The third-order valence-electron chi connectivity index (χ3n) is 13.0. The second-order valence-electron chi connectivity index (χ2n) is 17.3. The van der Waals surface area contributed by atoms with Crippen molar-refractivity contribution in [3.63, 3.8) is 0 Å². The van der Waals surface area contributed by atoms with Crippen LogP contribution < -0.4 is 19.5 Å². The van der Waals surface area contributed by atoms with Gasteiger partial charge in [-0.3, -0.25) is 23.9 Å². The number of aromatic nitrogens is 1. The number of piperidine rings is 1. The second-order valence-corrected chi connectivity index (χ2v) is 19.3. The molecule has 4 heterocycles. The van der Waals surface area contributed by atoms with Crippen LogP contribution in [0.4, 0.5) is 13.2 Å². The van der Waals surface area contributed by atoms with Crippen molar-refractivity contribution in [2.24, 2.45) is 17.8 Å². The van der Waals surface area contributed by atoms with E-state index in [0.29, 0.717) is 66.6 Å². The number of methoxy groups -OCH3 is 1. The lowest BCUT2D eigenvalue weighted by molar-refractivity contribution is -0.186. The van der Waals surface area contributed by atoms with Gasteiger partial charge in [-0.1, -0.05) is 55.3 Å². The van der Waals surface area contributed by atoms with Gasteiger partial charge in [0.25, 0.3) is 5.91 Å². The Morgan fingerprint density at radius 3 is 2.45 bits per heavy atom. The van der Waals surface area contributed by atoms with Gasteiger partial charge in [0.1, 0.15) is 29.2 Å². The van der Waals surface area contributed by atoms with Gasteiger partial charge in [0.05, 0.1) is 36.0 Å². The highest BCUT2D eigenvalue weighted by molar-refractivity contribution is 7.91. The van der Waals surface area contributed by atoms with Gasteiger partial charge < -0.3 is 24.6 Å². The van der Waals surface area contributed by atoms with E-state index in [0.717, 1.165) is 12.0 Å². The SMILES string of the molecule is COc1ccc2c(O[C@@H]3C[C@H]4C(=O)N[C@]5(C(=O)NS(=O)(=O)C6CC6)C[C@H]5/C=C\CCCCC[C@H](CC(=O)N5CCC(C(F)(F)F)CC5)C(=O)N4C3)cc(-c3ccccc3)nc2c1. The Morgan fingerprint density at radius 2 is 1.74 bits per heavy atom. The normalized spacial score (nSPS) is 27.0. The number of hydrogen-bond acceptors (Lipinski definition) is 9. The first-order valence-electron chi connectivity index (χ1n) is 21.6. The van der Waals surface area contributed by atoms with Crippen molar-refractivity contribution in [1.29, 1.82) is 0 Å². The van der Waals surface area contributed by atoms with Crippen molar-refractivity contribution in [3.05, 3.63) is 66.7 Å². The third-order valence-corrected chi connectivity index (χ3v) is 14.8. The van der Waals surface area contributed by atoms with Crippen molar-refractivity contribution >= 4 is 44.6 Å². The monoisotopic (exact) mass is 879 g/mol. The number of pyridine rings is 1. The molecule has 8 rings (SSSR count). The van der Waals surface area contributed by atoms with E-state index in [1.807, 2.05) is 48.6 Å². The molecule has 2 N–H and O–H groups in total. The number of ether oxygens (including phenoxy) is 2. The fraction of sp³-hybridized carbons (Fsp3) is 0.533. The molecule has 0 radical (unpaired) electrons. The fourth-order valence-corrected chi connectivity index (χ4v) is 10.5. The van der Waals surface area contributed by atoms with Crippen molar-refractivity contribution in [1.82, 2.24) is 24.8 Å². The molecule has 4 amide bonds. The zero-order valence-corrected chi connectivity index (χ0v) is 35.4. The molecule has 2 saturated heterocycles. The maximum Gasteiger partial charge on any atom is 0.391 e. The van der Waals surface area contributed by atoms with Gasteiger partial charge in [-0.2, -0.15) is 13.2 Å². The molecule has 2 saturated carbocycles. The average molecular weight is 880 g/mol. The van der Waals surface area contributed by atoms with E-state index in [4.69, 9.17) is 14.5 Å². The maximum atomic E-state index is 14.9. The molecule has 0 spiro atoms. The van der Waals surface area contributed by atoms with Crippen LogP contribution in [0, 0.1) is 17.8 Å². The molecule has 5 atom stereocenters. The number of fused-ring (bicyclic) bond motifs is 3. The first-order chi connectivity index (χ1) is 29.6. The molecule has 62 heavy (non-hydrogen) atoms. The molecule has 13 nitrogen and oxygen atoms in total. The summed E-state index contributed by atoms with van der Waals surface area (Å²) in [7, 11) is -2.40. The summed E-state index contributed by atoms with van der Waals surface area (Å²) in [5, 5.41) is 2.87. The van der Waals surface area contributed by atoms with Crippen molar-refractivity contribution in [2.75, 3.05) is 26.7 Å². The number of allylic oxidation sites excluding steroid dienone is 1. The van der Waals surface area contributed by atoms with Crippen LogP contribution in [0.3, 0.4) is 0 Å². The minimum atomic E-state index is -4.35. The molecule has 332 valence electrons. The number of benzene rings is 2. The summed E-state index contributed by atoms with van der Waals surface area (Å²) in [6, 6.07) is 15.5. The van der Waals surface area contributed by atoms with E-state index >= 15 is 0 Å². The van der Waals surface area contributed by atoms with Gasteiger partial charge in [0.15, 0.2) is 0 Å². The number of carbonyl (C=O) groups excluding carboxylic acids is 4. The quantitative estimate of drug-likeness (QED) is 0.243. The Kier molecular flexibility index (Phi) is 12.3. The molecule has 2 aromatic carbocycles. The molecule has 3 aliphatic heterocycles. The van der Waals surface area contributed by atoms with Crippen LogP contribution in [0.25, 0.3) is 22.2 Å². The number of sulfonamides is 1. The summed E-state index contributed by atoms with van der Waals surface area (Å²) in [6.45, 7) is -0.198. The Morgan fingerprint density at radius 1 is 0.984 bits per heavy atom. The maximum absolute atomic E-state index is 14.9. The Labute approximate surface area is 358 Å². The van der Waals surface area contributed by atoms with Gasteiger partial charge in [0.2, 0.25) is 27.7 Å². The average Bonchev–Trinajstić information content (AvgIpc) is 4.19. The molecule has 0 bridgehead atoms. The molecule has 3 aromatic rings. The topological polar surface area (TPSA) is 164 Å². The summed E-state index contributed by atoms with van der Waals surface area (Å²) >= 11 is 0. The number of likely N-dealkylation sites (tertiary alicyclic amines) is 1. The Bertz CT molecular complexity index is 2330. The lowest BCUT2D eigenvalue weighted by atomic mass is 9.92. The van der Waals surface area contributed by atoms with E-state index < -0.39 is 80.5 Å². The summed E-state index contributed by atoms with van der Waals surface area (Å²) in [5.74, 6) is -4.21. The summed E-state index contributed by atoms with van der Waals surface area (Å²) in [6.07, 6.45) is 2.03. The number of alkyl halides is 3. The van der Waals surface area contributed by atoms with Gasteiger partial charge in [-0.05, 0) is 63.5 Å². The number of halogens is 3. The number of carbonyl (C=O) groups is 4. The Hall–Kier alpha value is -5.19. The van der Waals surface area contributed by atoms with Crippen LogP contribution in [0.15, 0.2) is 66.7 Å². The molecule has 1 aromatic heterocycles. The number of hydrogen-bond donors (Lipinski definition) is 2. The standard InChI is InChI=1S/C45H52F3N5O8S/c1-60-32-14-17-35-37(23-32)49-36(28-10-7-5-8-11-28)25-39(35)61-33-24-38-41(55)50-44(43(57)51-62(58,59)34-15-16-34)26-31(44)13-9-4-2-3-6-12-29(42(56)53(38)27-33)22-40(54)52-20-18-30(19-21-52)45(46,47)48/h5,7-11,13-14,17,23,25,29-31,33-34,38H,2-4,6,12,15-16,18-22,24,26-27H2,1H3,(H,50,55)(H,51,57)/b13-9-/t29-,31-,33-,38+,44-/m1/s1. The highest BCUT2D eigenvalue weighted by Crippen LogP contribution is 2.46. The highest BCUT2D eigenvalue weighted by atomic mass is 32.2. The van der Waals surface area contributed by atoms with Crippen molar-refractivity contribution in [2.45, 2.75) is 106 Å². The molecule has 4 fully saturated rings. The first kappa shape index (κ1) is 43.5. The Balaban J connectivity index is 1.11. The van der Waals surface area contributed by atoms with Gasteiger partial charge >= 0.3 is 6.18 Å². The molecule has 2 aliphatic carbocycles. The van der Waals surface area contributed by atoms with Crippen LogP contribution in [-0.4, -0.2) is 103 Å². The van der Waals surface area contributed by atoms with Crippen LogP contribution in [-0.2, 0) is 29.2 Å². The smallest absolute Gasteiger partial charge is 0.391 e. The van der Waals surface area contributed by atoms with Crippen LogP contribution in [0.1, 0.15) is 77.0 Å². The lowest BCUT2D eigenvalue weighted by Crippen LogP contribution is -2.57. The van der Waals surface area contributed by atoms with Crippen LogP contribution in [0.2, 0.25) is 0 Å². The summed E-state index contributed by atoms with van der Waals surface area (Å²) in [5.41, 5.74) is 0.461. The van der Waals surface area contributed by atoms with Crippen LogP contribution >= 0.6 is 0 Å². The largest absolute Gasteiger partial charge is 0.497 e. The molecule has 0 unspecified atom stereocenters. The van der Waals surface area contributed by atoms with E-state index in [1.54, 1.807) is 25.3 Å². The van der Waals surface area contributed by atoms with Gasteiger partial charge in [0, 0.05) is 60.8 Å². The molecular formula is C45H52F3N5O8S. The number of rotatable bonds is 9. The van der Waals surface area contributed by atoms with Crippen molar-refractivity contribution < 1.29 is 50.2 Å². The zero-order chi connectivity index (χ0) is 43.8. The van der Waals surface area contributed by atoms with E-state index in [2.05, 4.69) is 10.0 Å².